The van der Waals surface area contributed by atoms with E-state index >= 15 is 0 Å². The molecule has 0 saturated heterocycles. The summed E-state index contributed by atoms with van der Waals surface area (Å²) >= 11 is 0. The highest BCUT2D eigenvalue weighted by Gasteiger charge is 2.15. The molecule has 0 radical (unpaired) electrons. The van der Waals surface area contributed by atoms with E-state index in [1.54, 1.807) is 12.3 Å². The van der Waals surface area contributed by atoms with Crippen molar-refractivity contribution >= 4 is 16.0 Å². The van der Waals surface area contributed by atoms with E-state index in [1.165, 1.54) is 7.05 Å². The van der Waals surface area contributed by atoms with Crippen molar-refractivity contribution in [3.63, 3.8) is 0 Å². The molecule has 0 fully saturated rings. The van der Waals surface area contributed by atoms with Gasteiger partial charge in [-0.3, -0.25) is 0 Å². The standard InChI is InChI=1S/C9H15N3O2S/c1-7(2)8-5-6-10-9(11-8)12(3)15(4,13)14/h5-7H,1-4H3. The Morgan fingerprint density at radius 3 is 2.47 bits per heavy atom. The quantitative estimate of drug-likeness (QED) is 0.775. The van der Waals surface area contributed by atoms with E-state index in [9.17, 15) is 8.42 Å². The molecule has 0 spiro atoms. The first-order chi connectivity index (χ1) is 6.82. The van der Waals surface area contributed by atoms with Gasteiger partial charge in [-0.25, -0.2) is 22.7 Å². The Morgan fingerprint density at radius 2 is 2.00 bits per heavy atom. The molecule has 1 heterocycles. The molecule has 1 aromatic heterocycles. The van der Waals surface area contributed by atoms with Crippen LogP contribution in [0.3, 0.4) is 0 Å². The maximum atomic E-state index is 11.3. The van der Waals surface area contributed by atoms with Gasteiger partial charge in [0.15, 0.2) is 0 Å². The summed E-state index contributed by atoms with van der Waals surface area (Å²) < 4.78 is 23.6. The van der Waals surface area contributed by atoms with Crippen LogP contribution >= 0.6 is 0 Å². The van der Waals surface area contributed by atoms with E-state index in [0.29, 0.717) is 0 Å². The fourth-order valence-corrected chi connectivity index (χ4v) is 1.37. The molecule has 6 heteroatoms. The molecule has 0 N–H and O–H groups in total. The van der Waals surface area contributed by atoms with E-state index in [2.05, 4.69) is 9.97 Å². The molecule has 0 aliphatic rings. The Balaban J connectivity index is 3.11. The summed E-state index contributed by atoms with van der Waals surface area (Å²) in [6, 6.07) is 1.78. The molecule has 84 valence electrons. The second-order valence-corrected chi connectivity index (χ2v) is 5.68. The summed E-state index contributed by atoms with van der Waals surface area (Å²) in [6.45, 7) is 3.99. The van der Waals surface area contributed by atoms with Crippen LogP contribution in [0.5, 0.6) is 0 Å². The molecule has 1 aromatic rings. The molecular formula is C9H15N3O2S. The lowest BCUT2D eigenvalue weighted by Gasteiger charge is -2.15. The zero-order valence-corrected chi connectivity index (χ0v) is 10.1. The number of hydrogen-bond acceptors (Lipinski definition) is 4. The van der Waals surface area contributed by atoms with E-state index in [0.717, 1.165) is 16.3 Å². The molecule has 0 aliphatic heterocycles. The topological polar surface area (TPSA) is 63.2 Å². The summed E-state index contributed by atoms with van der Waals surface area (Å²) in [5, 5.41) is 0. The van der Waals surface area contributed by atoms with Crippen molar-refractivity contribution in [1.82, 2.24) is 9.97 Å². The lowest BCUT2D eigenvalue weighted by molar-refractivity contribution is 0.599. The first-order valence-corrected chi connectivity index (χ1v) is 6.44. The number of hydrogen-bond donors (Lipinski definition) is 0. The van der Waals surface area contributed by atoms with Gasteiger partial charge in [0.05, 0.1) is 6.26 Å². The van der Waals surface area contributed by atoms with Crippen LogP contribution < -0.4 is 4.31 Å². The number of nitrogens with zero attached hydrogens (tertiary/aromatic N) is 3. The van der Waals surface area contributed by atoms with Crippen molar-refractivity contribution in [2.45, 2.75) is 19.8 Å². The average Bonchev–Trinajstić information content (AvgIpc) is 2.15. The Kier molecular flexibility index (Phi) is 3.28. The summed E-state index contributed by atoms with van der Waals surface area (Å²) in [4.78, 5) is 8.10. The molecule has 0 aromatic carbocycles. The van der Waals surface area contributed by atoms with E-state index in [1.807, 2.05) is 13.8 Å². The minimum atomic E-state index is -3.29. The minimum absolute atomic E-state index is 0.212. The predicted molar refractivity (Wildman–Crippen MR) is 59.4 cm³/mol. The second-order valence-electron chi connectivity index (χ2n) is 3.67. The van der Waals surface area contributed by atoms with Gasteiger partial charge in [-0.15, -0.1) is 0 Å². The normalized spacial score (nSPS) is 11.8. The van der Waals surface area contributed by atoms with Crippen molar-refractivity contribution in [3.8, 4) is 0 Å². The van der Waals surface area contributed by atoms with Crippen LogP contribution in [-0.2, 0) is 10.0 Å². The minimum Gasteiger partial charge on any atom is -0.241 e. The third-order valence-corrected chi connectivity index (χ3v) is 3.19. The van der Waals surface area contributed by atoms with Crippen LogP contribution in [0.4, 0.5) is 5.95 Å². The molecule has 0 atom stereocenters. The molecule has 0 bridgehead atoms. The smallest absolute Gasteiger partial charge is 0.239 e. The maximum Gasteiger partial charge on any atom is 0.239 e. The van der Waals surface area contributed by atoms with Crippen LogP contribution in [0.1, 0.15) is 25.5 Å². The van der Waals surface area contributed by atoms with Crippen molar-refractivity contribution < 1.29 is 8.42 Å². The Morgan fingerprint density at radius 1 is 1.40 bits per heavy atom. The third-order valence-electron chi connectivity index (χ3n) is 2.04. The average molecular weight is 229 g/mol. The van der Waals surface area contributed by atoms with E-state index in [4.69, 9.17) is 0 Å². The fraction of sp³-hybridized carbons (Fsp3) is 0.556. The molecule has 1 rings (SSSR count). The number of aromatic nitrogens is 2. The summed E-state index contributed by atoms with van der Waals surface area (Å²) in [6.07, 6.45) is 2.69. The highest BCUT2D eigenvalue weighted by molar-refractivity contribution is 7.92. The van der Waals surface area contributed by atoms with Gasteiger partial charge in [0.25, 0.3) is 0 Å². The van der Waals surface area contributed by atoms with Crippen LogP contribution in [0.15, 0.2) is 12.3 Å². The first kappa shape index (κ1) is 11.9. The maximum absolute atomic E-state index is 11.3. The third kappa shape index (κ3) is 2.89. The largest absolute Gasteiger partial charge is 0.241 e. The Bertz CT molecular complexity index is 442. The van der Waals surface area contributed by atoms with Crippen molar-refractivity contribution in [2.24, 2.45) is 0 Å². The molecule has 0 amide bonds. The van der Waals surface area contributed by atoms with Gasteiger partial charge in [-0.1, -0.05) is 13.8 Å². The van der Waals surface area contributed by atoms with Gasteiger partial charge in [0.2, 0.25) is 16.0 Å². The van der Waals surface area contributed by atoms with E-state index < -0.39 is 10.0 Å². The lowest BCUT2D eigenvalue weighted by atomic mass is 10.1. The lowest BCUT2D eigenvalue weighted by Crippen LogP contribution is -2.27. The van der Waals surface area contributed by atoms with Gasteiger partial charge in [0, 0.05) is 18.9 Å². The highest BCUT2D eigenvalue weighted by atomic mass is 32.2. The highest BCUT2D eigenvalue weighted by Crippen LogP contribution is 2.14. The summed E-state index contributed by atoms with van der Waals surface area (Å²) in [7, 11) is -1.85. The number of sulfonamides is 1. The fourth-order valence-electron chi connectivity index (χ4n) is 0.983. The van der Waals surface area contributed by atoms with Gasteiger partial charge >= 0.3 is 0 Å². The van der Waals surface area contributed by atoms with Crippen molar-refractivity contribution in [1.29, 1.82) is 0 Å². The summed E-state index contributed by atoms with van der Waals surface area (Å²) in [5.41, 5.74) is 0.829. The Hall–Kier alpha value is -1.17. The van der Waals surface area contributed by atoms with Gasteiger partial charge in [-0.2, -0.15) is 0 Å². The summed E-state index contributed by atoms with van der Waals surface area (Å²) in [5.74, 6) is 0.461. The monoisotopic (exact) mass is 229 g/mol. The Labute approximate surface area is 90.2 Å². The van der Waals surface area contributed by atoms with Crippen molar-refractivity contribution in [3.05, 3.63) is 18.0 Å². The zero-order chi connectivity index (χ0) is 11.6. The van der Waals surface area contributed by atoms with Crippen LogP contribution in [0, 0.1) is 0 Å². The second kappa shape index (κ2) is 4.14. The van der Waals surface area contributed by atoms with Gasteiger partial charge in [0.1, 0.15) is 0 Å². The molecule has 0 saturated carbocycles. The molecule has 0 unspecified atom stereocenters. The van der Waals surface area contributed by atoms with Crippen LogP contribution in [0.2, 0.25) is 0 Å². The predicted octanol–water partition coefficient (Wildman–Crippen LogP) is 0.996. The number of rotatable bonds is 3. The van der Waals surface area contributed by atoms with Crippen LogP contribution in [0.25, 0.3) is 0 Å². The van der Waals surface area contributed by atoms with Gasteiger partial charge in [-0.05, 0) is 12.0 Å². The van der Waals surface area contributed by atoms with Gasteiger partial charge < -0.3 is 0 Å². The van der Waals surface area contributed by atoms with E-state index in [-0.39, 0.29) is 11.9 Å². The molecule has 0 aliphatic carbocycles. The zero-order valence-electron chi connectivity index (χ0n) is 9.30. The van der Waals surface area contributed by atoms with Crippen LogP contribution in [-0.4, -0.2) is 31.7 Å². The van der Waals surface area contributed by atoms with Crippen molar-refractivity contribution in [2.75, 3.05) is 17.6 Å². The number of anilines is 1. The SMILES string of the molecule is CC(C)c1ccnc(N(C)S(C)(=O)=O)n1. The molecule has 15 heavy (non-hydrogen) atoms. The first-order valence-electron chi connectivity index (χ1n) is 4.59. The molecular weight excluding hydrogens is 214 g/mol. The molecule has 5 nitrogen and oxygen atoms in total.